The number of nitrogens with one attached hydrogen (secondary N) is 1. The van der Waals surface area contributed by atoms with E-state index in [0.29, 0.717) is 24.3 Å². The van der Waals surface area contributed by atoms with Crippen molar-refractivity contribution in [3.63, 3.8) is 0 Å². The van der Waals surface area contributed by atoms with E-state index in [1.54, 1.807) is 11.3 Å². The van der Waals surface area contributed by atoms with E-state index in [-0.39, 0.29) is 29.9 Å². The van der Waals surface area contributed by atoms with Gasteiger partial charge in [-0.2, -0.15) is 0 Å². The molecule has 0 bridgehead atoms. The number of carbonyl (C=O) groups is 2. The van der Waals surface area contributed by atoms with Crippen molar-refractivity contribution in [1.29, 1.82) is 0 Å². The first kappa shape index (κ1) is 23.5. The van der Waals surface area contributed by atoms with E-state index in [9.17, 15) is 9.59 Å². The molecule has 1 N–H and O–H groups in total. The Morgan fingerprint density at radius 1 is 1.06 bits per heavy atom. The summed E-state index contributed by atoms with van der Waals surface area (Å²) in [6.07, 6.45) is 3.74. The van der Waals surface area contributed by atoms with Crippen LogP contribution in [-0.2, 0) is 6.42 Å². The lowest BCUT2D eigenvalue weighted by Crippen LogP contribution is -2.37. The zero-order valence-electron chi connectivity index (χ0n) is 20.2. The minimum absolute atomic E-state index is 0.0515. The van der Waals surface area contributed by atoms with Crippen LogP contribution in [0.15, 0.2) is 53.9 Å². The number of amides is 2. The molecule has 1 aliphatic carbocycles. The topological polar surface area (TPSA) is 71.5 Å². The molecule has 182 valence electrons. The average molecular weight is 490 g/mol. The number of hydrogen-bond donors (Lipinski definition) is 1. The van der Waals surface area contributed by atoms with Crippen molar-refractivity contribution in [2.45, 2.75) is 57.6 Å². The molecule has 7 heteroatoms. The number of hydrogen-bond acceptors (Lipinski definition) is 5. The van der Waals surface area contributed by atoms with Crippen LogP contribution < -0.4 is 10.1 Å². The van der Waals surface area contributed by atoms with Crippen molar-refractivity contribution >= 4 is 23.2 Å². The summed E-state index contributed by atoms with van der Waals surface area (Å²) in [5, 5.41) is 6.02. The first-order valence-corrected chi connectivity index (χ1v) is 13.3. The van der Waals surface area contributed by atoms with E-state index in [1.165, 1.54) is 11.1 Å². The van der Waals surface area contributed by atoms with Crippen LogP contribution in [-0.4, -0.2) is 40.9 Å². The van der Waals surface area contributed by atoms with Gasteiger partial charge in [0.1, 0.15) is 11.4 Å². The van der Waals surface area contributed by atoms with Crippen LogP contribution in [0.1, 0.15) is 82.1 Å². The van der Waals surface area contributed by atoms with Gasteiger partial charge in [-0.1, -0.05) is 24.3 Å². The van der Waals surface area contributed by atoms with E-state index in [0.717, 1.165) is 36.4 Å². The van der Waals surface area contributed by atoms with Gasteiger partial charge in [-0.25, -0.2) is 4.98 Å². The van der Waals surface area contributed by atoms with Crippen LogP contribution in [0.25, 0.3) is 0 Å². The van der Waals surface area contributed by atoms with E-state index in [2.05, 4.69) is 22.4 Å². The van der Waals surface area contributed by atoms with E-state index in [1.807, 2.05) is 60.5 Å². The number of benzene rings is 2. The number of likely N-dealkylation sites (tertiary alicyclic amines) is 1. The Hall–Kier alpha value is -3.19. The van der Waals surface area contributed by atoms with Gasteiger partial charge in [0.05, 0.1) is 17.2 Å². The number of aromatic nitrogens is 1. The van der Waals surface area contributed by atoms with Gasteiger partial charge in [0.25, 0.3) is 11.8 Å². The maximum Gasteiger partial charge on any atom is 0.271 e. The number of carbonyl (C=O) groups excluding carboxylic acids is 2. The highest BCUT2D eigenvalue weighted by atomic mass is 32.1. The van der Waals surface area contributed by atoms with Gasteiger partial charge in [0, 0.05) is 30.0 Å². The van der Waals surface area contributed by atoms with Gasteiger partial charge in [0.15, 0.2) is 0 Å². The standard InChI is InChI=1S/C28H31N3O3S/c1-18(2)34-22-10-7-21(8-11-22)28(33)31-15-13-20(14-16-31)27-30-25(17-35-27)26(32)29-24-12-9-19-5-3-4-6-23(19)24/h3-8,10-11,17-18,20,24H,9,12-16H2,1-2H3,(H,29,32). The summed E-state index contributed by atoms with van der Waals surface area (Å²) >= 11 is 1.55. The molecule has 3 aromatic rings. The number of fused-ring (bicyclic) bond motifs is 1. The number of nitrogens with zero attached hydrogens (tertiary/aromatic N) is 2. The largest absolute Gasteiger partial charge is 0.491 e. The third-order valence-corrected chi connectivity index (χ3v) is 7.80. The lowest BCUT2D eigenvalue weighted by atomic mass is 9.97. The third-order valence-electron chi connectivity index (χ3n) is 6.80. The van der Waals surface area contributed by atoms with Crippen molar-refractivity contribution in [2.75, 3.05) is 13.1 Å². The second kappa shape index (κ2) is 10.2. The van der Waals surface area contributed by atoms with Gasteiger partial charge in [-0.15, -0.1) is 11.3 Å². The summed E-state index contributed by atoms with van der Waals surface area (Å²) in [6, 6.07) is 15.7. The summed E-state index contributed by atoms with van der Waals surface area (Å²) < 4.78 is 5.67. The maximum atomic E-state index is 12.9. The first-order valence-electron chi connectivity index (χ1n) is 12.4. The second-order valence-electron chi connectivity index (χ2n) is 9.59. The molecular weight excluding hydrogens is 458 g/mol. The van der Waals surface area contributed by atoms with Crippen LogP contribution in [0.4, 0.5) is 0 Å². The number of thiazole rings is 1. The Morgan fingerprint density at radius 2 is 1.80 bits per heavy atom. The summed E-state index contributed by atoms with van der Waals surface area (Å²) in [6.45, 7) is 5.34. The Balaban J connectivity index is 1.15. The molecule has 1 unspecified atom stereocenters. The molecule has 2 aromatic carbocycles. The summed E-state index contributed by atoms with van der Waals surface area (Å²) in [5.41, 5.74) is 3.71. The molecule has 2 heterocycles. The van der Waals surface area contributed by atoms with Crippen molar-refractivity contribution < 1.29 is 14.3 Å². The first-order chi connectivity index (χ1) is 17.0. The molecule has 6 nitrogen and oxygen atoms in total. The Labute approximate surface area is 210 Å². The lowest BCUT2D eigenvalue weighted by Gasteiger charge is -2.31. The third kappa shape index (κ3) is 5.25. The highest BCUT2D eigenvalue weighted by Gasteiger charge is 2.28. The highest BCUT2D eigenvalue weighted by molar-refractivity contribution is 7.09. The minimum Gasteiger partial charge on any atom is -0.491 e. The molecule has 2 aliphatic rings. The lowest BCUT2D eigenvalue weighted by molar-refractivity contribution is 0.0713. The number of aryl methyl sites for hydroxylation is 1. The summed E-state index contributed by atoms with van der Waals surface area (Å²) in [7, 11) is 0. The Morgan fingerprint density at radius 3 is 2.54 bits per heavy atom. The molecule has 1 atom stereocenters. The smallest absolute Gasteiger partial charge is 0.271 e. The van der Waals surface area contributed by atoms with Crippen molar-refractivity contribution in [1.82, 2.24) is 15.2 Å². The van der Waals surface area contributed by atoms with E-state index in [4.69, 9.17) is 4.74 Å². The fourth-order valence-electron chi connectivity index (χ4n) is 4.98. The normalized spacial score (nSPS) is 17.9. The van der Waals surface area contributed by atoms with Crippen LogP contribution in [0.2, 0.25) is 0 Å². The second-order valence-corrected chi connectivity index (χ2v) is 10.5. The Bertz CT molecular complexity index is 1200. The van der Waals surface area contributed by atoms with Crippen LogP contribution >= 0.6 is 11.3 Å². The molecule has 1 saturated heterocycles. The molecule has 1 aliphatic heterocycles. The molecule has 1 aromatic heterocycles. The van der Waals surface area contributed by atoms with Gasteiger partial charge in [-0.3, -0.25) is 9.59 Å². The van der Waals surface area contributed by atoms with Crippen LogP contribution in [0, 0.1) is 0 Å². The Kier molecular flexibility index (Phi) is 6.86. The van der Waals surface area contributed by atoms with Gasteiger partial charge < -0.3 is 15.0 Å². The maximum absolute atomic E-state index is 12.9. The van der Waals surface area contributed by atoms with Crippen molar-refractivity contribution in [3.8, 4) is 5.75 Å². The van der Waals surface area contributed by atoms with Gasteiger partial charge in [0.2, 0.25) is 0 Å². The molecule has 2 amide bonds. The van der Waals surface area contributed by atoms with Crippen molar-refractivity contribution in [3.05, 3.63) is 81.3 Å². The number of piperidine rings is 1. The molecular formula is C28H31N3O3S. The fourth-order valence-corrected chi connectivity index (χ4v) is 5.95. The van der Waals surface area contributed by atoms with Crippen LogP contribution in [0.3, 0.4) is 0 Å². The molecule has 1 fully saturated rings. The molecule has 0 radical (unpaired) electrons. The summed E-state index contributed by atoms with van der Waals surface area (Å²) in [5.74, 6) is 0.998. The fraction of sp³-hybridized carbons (Fsp3) is 0.393. The predicted molar refractivity (Wildman–Crippen MR) is 137 cm³/mol. The van der Waals surface area contributed by atoms with Gasteiger partial charge in [-0.05, 0) is 74.9 Å². The summed E-state index contributed by atoms with van der Waals surface area (Å²) in [4.78, 5) is 32.4. The van der Waals surface area contributed by atoms with Crippen molar-refractivity contribution in [2.24, 2.45) is 0 Å². The average Bonchev–Trinajstić information content (AvgIpc) is 3.52. The molecule has 0 saturated carbocycles. The number of ether oxygens (including phenoxy) is 1. The highest BCUT2D eigenvalue weighted by Crippen LogP contribution is 2.33. The SMILES string of the molecule is CC(C)Oc1ccc(C(=O)N2CCC(c3nc(C(=O)NC4CCc5ccccc54)cs3)CC2)cc1. The quantitative estimate of drug-likeness (QED) is 0.506. The minimum atomic E-state index is -0.105. The number of rotatable bonds is 6. The molecule has 35 heavy (non-hydrogen) atoms. The zero-order chi connectivity index (χ0) is 24.4. The zero-order valence-corrected chi connectivity index (χ0v) is 21.0. The van der Waals surface area contributed by atoms with E-state index < -0.39 is 0 Å². The van der Waals surface area contributed by atoms with Gasteiger partial charge >= 0.3 is 0 Å². The molecule has 5 rings (SSSR count). The van der Waals surface area contributed by atoms with Crippen LogP contribution in [0.5, 0.6) is 5.75 Å². The monoisotopic (exact) mass is 489 g/mol. The molecule has 0 spiro atoms. The predicted octanol–water partition coefficient (Wildman–Crippen LogP) is 5.37. The van der Waals surface area contributed by atoms with E-state index >= 15 is 0 Å².